The van der Waals surface area contributed by atoms with Gasteiger partial charge in [-0.15, -0.1) is 0 Å². The van der Waals surface area contributed by atoms with Crippen LogP contribution in [0.15, 0.2) is 0 Å². The predicted octanol–water partition coefficient (Wildman–Crippen LogP) is 3.36. The maximum absolute atomic E-state index is 3.80. The predicted molar refractivity (Wildman–Crippen MR) is 82.5 cm³/mol. The summed E-state index contributed by atoms with van der Waals surface area (Å²) in [7, 11) is 4.46. The lowest BCUT2D eigenvalue weighted by molar-refractivity contribution is 0.0750. The number of alkyl halides is 1. The summed E-state index contributed by atoms with van der Waals surface area (Å²) < 4.78 is 0. The zero-order chi connectivity index (χ0) is 13.0. The van der Waals surface area contributed by atoms with Gasteiger partial charge in [0.25, 0.3) is 0 Å². The molecular formula is C15H29BrN2. The van der Waals surface area contributed by atoms with Crippen molar-refractivity contribution in [1.82, 2.24) is 9.80 Å². The van der Waals surface area contributed by atoms with Gasteiger partial charge < -0.3 is 9.80 Å². The molecule has 0 bridgehead atoms. The number of likely N-dealkylation sites (tertiary alicyclic amines) is 1. The molecule has 3 heteroatoms. The zero-order valence-corrected chi connectivity index (χ0v) is 13.7. The fraction of sp³-hybridized carbons (Fsp3) is 1.00. The van der Waals surface area contributed by atoms with Crippen LogP contribution in [0.1, 0.15) is 44.9 Å². The van der Waals surface area contributed by atoms with E-state index in [1.54, 1.807) is 0 Å². The van der Waals surface area contributed by atoms with Crippen molar-refractivity contribution >= 4 is 15.9 Å². The van der Waals surface area contributed by atoms with E-state index in [1.165, 1.54) is 69.9 Å². The molecule has 2 aliphatic rings. The highest BCUT2D eigenvalue weighted by molar-refractivity contribution is 9.09. The van der Waals surface area contributed by atoms with Crippen molar-refractivity contribution in [2.24, 2.45) is 5.41 Å². The van der Waals surface area contributed by atoms with E-state index in [0.29, 0.717) is 5.41 Å². The van der Waals surface area contributed by atoms with Gasteiger partial charge >= 0.3 is 0 Å². The van der Waals surface area contributed by atoms with Crippen LogP contribution in [0.4, 0.5) is 0 Å². The third-order valence-corrected chi connectivity index (χ3v) is 6.16. The molecule has 0 amide bonds. The summed E-state index contributed by atoms with van der Waals surface area (Å²) in [6.45, 7) is 3.92. The van der Waals surface area contributed by atoms with Crippen LogP contribution in [-0.4, -0.2) is 54.9 Å². The SMILES string of the molecule is CN(C)C1CCCN(CC2(CBr)CCCCC2)C1. The van der Waals surface area contributed by atoms with Crippen LogP contribution in [-0.2, 0) is 0 Å². The van der Waals surface area contributed by atoms with Gasteiger partial charge in [-0.3, -0.25) is 0 Å². The number of nitrogens with zero attached hydrogens (tertiary/aromatic N) is 2. The summed E-state index contributed by atoms with van der Waals surface area (Å²) in [6.07, 6.45) is 9.96. The van der Waals surface area contributed by atoms with E-state index in [1.807, 2.05) is 0 Å². The smallest absolute Gasteiger partial charge is 0.0217 e. The molecule has 1 aliphatic heterocycles. The minimum Gasteiger partial charge on any atom is -0.305 e. The Hall–Kier alpha value is 0.400. The summed E-state index contributed by atoms with van der Waals surface area (Å²) in [6, 6.07) is 0.773. The molecule has 1 saturated carbocycles. The van der Waals surface area contributed by atoms with Crippen molar-refractivity contribution in [2.45, 2.75) is 51.0 Å². The topological polar surface area (TPSA) is 6.48 Å². The Morgan fingerprint density at radius 3 is 2.50 bits per heavy atom. The first-order valence-electron chi connectivity index (χ1n) is 7.60. The van der Waals surface area contributed by atoms with E-state index in [2.05, 4.69) is 39.8 Å². The summed E-state index contributed by atoms with van der Waals surface area (Å²) in [5.74, 6) is 0. The van der Waals surface area contributed by atoms with Gasteiger partial charge in [-0.05, 0) is 51.7 Å². The Labute approximate surface area is 121 Å². The lowest BCUT2D eigenvalue weighted by Gasteiger charge is -2.43. The summed E-state index contributed by atoms with van der Waals surface area (Å²) in [5.41, 5.74) is 0.576. The van der Waals surface area contributed by atoms with E-state index in [9.17, 15) is 0 Å². The first kappa shape index (κ1) is 14.8. The van der Waals surface area contributed by atoms with Gasteiger partial charge in [0.2, 0.25) is 0 Å². The molecule has 1 heterocycles. The second-order valence-corrected chi connectivity index (χ2v) is 7.25. The molecule has 0 aromatic rings. The largest absolute Gasteiger partial charge is 0.305 e. The summed E-state index contributed by atoms with van der Waals surface area (Å²) >= 11 is 3.80. The van der Waals surface area contributed by atoms with Gasteiger partial charge in [-0.1, -0.05) is 35.2 Å². The number of halogens is 1. The van der Waals surface area contributed by atoms with E-state index in [-0.39, 0.29) is 0 Å². The van der Waals surface area contributed by atoms with Gasteiger partial charge in [0, 0.05) is 24.5 Å². The normalized spacial score (nSPS) is 29.7. The van der Waals surface area contributed by atoms with E-state index in [0.717, 1.165) is 6.04 Å². The fourth-order valence-corrected chi connectivity index (χ4v) is 4.44. The molecule has 1 atom stereocenters. The molecule has 0 radical (unpaired) electrons. The first-order chi connectivity index (χ1) is 8.65. The van der Waals surface area contributed by atoms with Crippen molar-refractivity contribution in [3.05, 3.63) is 0 Å². The monoisotopic (exact) mass is 316 g/mol. The zero-order valence-electron chi connectivity index (χ0n) is 12.1. The highest BCUT2D eigenvalue weighted by Crippen LogP contribution is 2.39. The second-order valence-electron chi connectivity index (χ2n) is 6.69. The van der Waals surface area contributed by atoms with Gasteiger partial charge in [0.1, 0.15) is 0 Å². The van der Waals surface area contributed by atoms with Gasteiger partial charge in [0.15, 0.2) is 0 Å². The van der Waals surface area contributed by atoms with Crippen LogP contribution in [0, 0.1) is 5.41 Å². The molecule has 1 aliphatic carbocycles. The lowest BCUT2D eigenvalue weighted by Crippen LogP contribution is -2.49. The molecule has 0 spiro atoms. The average Bonchev–Trinajstić information content (AvgIpc) is 2.40. The van der Waals surface area contributed by atoms with E-state index >= 15 is 0 Å². The first-order valence-corrected chi connectivity index (χ1v) is 8.72. The molecule has 1 saturated heterocycles. The summed E-state index contributed by atoms with van der Waals surface area (Å²) in [4.78, 5) is 5.15. The van der Waals surface area contributed by atoms with Gasteiger partial charge in [0.05, 0.1) is 0 Å². The van der Waals surface area contributed by atoms with Crippen molar-refractivity contribution in [3.63, 3.8) is 0 Å². The van der Waals surface area contributed by atoms with E-state index in [4.69, 9.17) is 0 Å². The Morgan fingerprint density at radius 1 is 1.17 bits per heavy atom. The van der Waals surface area contributed by atoms with Crippen LogP contribution < -0.4 is 0 Å². The van der Waals surface area contributed by atoms with Crippen molar-refractivity contribution in [3.8, 4) is 0 Å². The standard InChI is InChI=1S/C15H29BrN2/c1-17(2)14-7-6-10-18(11-14)13-15(12-16)8-4-3-5-9-15/h14H,3-13H2,1-2H3. The Bertz CT molecular complexity index is 249. The number of hydrogen-bond acceptors (Lipinski definition) is 2. The van der Waals surface area contributed by atoms with Crippen LogP contribution in [0.2, 0.25) is 0 Å². The average molecular weight is 317 g/mol. The molecule has 2 fully saturated rings. The maximum atomic E-state index is 3.80. The Kier molecular flexibility index (Phi) is 5.52. The minimum absolute atomic E-state index is 0.576. The highest BCUT2D eigenvalue weighted by atomic mass is 79.9. The van der Waals surface area contributed by atoms with Gasteiger partial charge in [-0.2, -0.15) is 0 Å². The molecule has 2 rings (SSSR count). The third kappa shape index (κ3) is 3.71. The molecule has 0 aromatic heterocycles. The molecule has 2 nitrogen and oxygen atoms in total. The molecule has 106 valence electrons. The maximum Gasteiger partial charge on any atom is 0.0217 e. The Balaban J connectivity index is 1.90. The van der Waals surface area contributed by atoms with E-state index < -0.39 is 0 Å². The summed E-state index contributed by atoms with van der Waals surface area (Å²) in [5, 5.41) is 1.20. The molecular weight excluding hydrogens is 288 g/mol. The van der Waals surface area contributed by atoms with Crippen LogP contribution in [0.5, 0.6) is 0 Å². The van der Waals surface area contributed by atoms with Crippen LogP contribution in [0.3, 0.4) is 0 Å². The molecule has 1 unspecified atom stereocenters. The fourth-order valence-electron chi connectivity index (χ4n) is 3.71. The molecule has 0 aromatic carbocycles. The number of likely N-dealkylation sites (N-methyl/N-ethyl adjacent to an activating group) is 1. The number of piperidine rings is 1. The van der Waals surface area contributed by atoms with Crippen molar-refractivity contribution in [1.29, 1.82) is 0 Å². The number of hydrogen-bond donors (Lipinski definition) is 0. The van der Waals surface area contributed by atoms with Crippen LogP contribution >= 0.6 is 15.9 Å². The second kappa shape index (κ2) is 6.71. The van der Waals surface area contributed by atoms with Gasteiger partial charge in [-0.25, -0.2) is 0 Å². The van der Waals surface area contributed by atoms with Crippen LogP contribution in [0.25, 0.3) is 0 Å². The molecule has 0 N–H and O–H groups in total. The lowest BCUT2D eigenvalue weighted by atomic mass is 9.75. The van der Waals surface area contributed by atoms with Crippen molar-refractivity contribution in [2.75, 3.05) is 39.1 Å². The third-order valence-electron chi connectivity index (χ3n) is 4.97. The minimum atomic E-state index is 0.576. The van der Waals surface area contributed by atoms with Crippen molar-refractivity contribution < 1.29 is 0 Å². The Morgan fingerprint density at radius 2 is 1.89 bits per heavy atom. The quantitative estimate of drug-likeness (QED) is 0.734. The highest BCUT2D eigenvalue weighted by Gasteiger charge is 2.34. The number of rotatable bonds is 4. The molecule has 18 heavy (non-hydrogen) atoms.